The van der Waals surface area contributed by atoms with Gasteiger partial charge in [-0.2, -0.15) is 13.2 Å². The highest BCUT2D eigenvalue weighted by molar-refractivity contribution is 5.91. The number of aliphatic carboxylic acids is 1. The van der Waals surface area contributed by atoms with Gasteiger partial charge in [-0.25, -0.2) is 4.79 Å². The van der Waals surface area contributed by atoms with E-state index in [1.54, 1.807) is 25.1 Å². The van der Waals surface area contributed by atoms with Crippen LogP contribution in [0.1, 0.15) is 5.56 Å². The van der Waals surface area contributed by atoms with E-state index in [1.165, 1.54) is 7.11 Å². The number of hydrogen-bond acceptors (Lipinski definition) is 3. The number of carbonyl (C=O) groups excluding carboxylic acids is 1. The molecule has 0 aromatic heterocycles. The Morgan fingerprint density at radius 2 is 2.00 bits per heavy atom. The number of amides is 2. The fourth-order valence-corrected chi connectivity index (χ4v) is 2.65. The molecule has 132 valence electrons. The topological polar surface area (TPSA) is 78.9 Å². The molecule has 1 aliphatic heterocycles. The number of rotatable bonds is 3. The molecule has 2 amide bonds. The minimum atomic E-state index is -4.67. The summed E-state index contributed by atoms with van der Waals surface area (Å²) in [6.07, 6.45) is -4.67. The van der Waals surface area contributed by atoms with Crippen LogP contribution in [-0.2, 0) is 4.79 Å². The molecule has 0 unspecified atom stereocenters. The summed E-state index contributed by atoms with van der Waals surface area (Å²) in [7, 11) is 1.49. The normalized spacial score (nSPS) is 20.8. The Morgan fingerprint density at radius 1 is 1.33 bits per heavy atom. The van der Waals surface area contributed by atoms with Gasteiger partial charge in [-0.15, -0.1) is 0 Å². The molecule has 2 rings (SSSR count). The lowest BCUT2D eigenvalue weighted by Crippen LogP contribution is -2.35. The second kappa shape index (κ2) is 6.58. The maximum Gasteiger partial charge on any atom is 0.394 e. The standard InChI is InChI=1S/C15H17F3N2O4/c1-8-5-9(24-2)3-4-12(8)19-14(23)20-6-10(13(21)22)11(7-20)15(16,17)18/h3-5,10-11H,6-7H2,1-2H3,(H,19,23)(H,21,22)/t10-,11-/m1/s1. The predicted molar refractivity (Wildman–Crippen MR) is 79.0 cm³/mol. The molecule has 9 heteroatoms. The van der Waals surface area contributed by atoms with Crippen LogP contribution in [-0.4, -0.2) is 48.4 Å². The number of nitrogens with one attached hydrogen (secondary N) is 1. The zero-order chi connectivity index (χ0) is 18.1. The smallest absolute Gasteiger partial charge is 0.394 e. The van der Waals surface area contributed by atoms with Gasteiger partial charge in [0.1, 0.15) is 5.75 Å². The van der Waals surface area contributed by atoms with Crippen molar-refractivity contribution in [1.29, 1.82) is 0 Å². The number of anilines is 1. The van der Waals surface area contributed by atoms with Crippen molar-refractivity contribution in [2.75, 3.05) is 25.5 Å². The van der Waals surface area contributed by atoms with E-state index in [0.717, 1.165) is 4.90 Å². The fourth-order valence-electron chi connectivity index (χ4n) is 2.65. The second-order valence-electron chi connectivity index (χ2n) is 5.61. The predicted octanol–water partition coefficient (Wildman–Crippen LogP) is 2.73. The molecule has 1 heterocycles. The molecular weight excluding hydrogens is 329 g/mol. The highest BCUT2D eigenvalue weighted by Gasteiger charge is 2.53. The molecule has 1 aliphatic rings. The molecule has 2 atom stereocenters. The number of alkyl halides is 3. The lowest BCUT2D eigenvalue weighted by Gasteiger charge is -2.19. The monoisotopic (exact) mass is 346 g/mol. The van der Waals surface area contributed by atoms with Crippen LogP contribution in [0.2, 0.25) is 0 Å². The SMILES string of the molecule is COc1ccc(NC(=O)N2C[C@@H](C(F)(F)F)[C@H](C(=O)O)C2)c(C)c1. The molecule has 6 nitrogen and oxygen atoms in total. The summed E-state index contributed by atoms with van der Waals surface area (Å²) >= 11 is 0. The fraction of sp³-hybridized carbons (Fsp3) is 0.467. The summed E-state index contributed by atoms with van der Waals surface area (Å²) in [4.78, 5) is 24.1. The van der Waals surface area contributed by atoms with Crippen molar-refractivity contribution < 1.29 is 32.6 Å². The molecule has 0 spiro atoms. The Kier molecular flexibility index (Phi) is 4.91. The largest absolute Gasteiger partial charge is 0.497 e. The van der Waals surface area contributed by atoms with Gasteiger partial charge in [-0.3, -0.25) is 4.79 Å². The molecule has 24 heavy (non-hydrogen) atoms. The Balaban J connectivity index is 2.12. The van der Waals surface area contributed by atoms with Gasteiger partial charge in [-0.1, -0.05) is 0 Å². The van der Waals surface area contributed by atoms with Crippen molar-refractivity contribution >= 4 is 17.7 Å². The van der Waals surface area contributed by atoms with Crippen molar-refractivity contribution in [3.05, 3.63) is 23.8 Å². The zero-order valence-electron chi connectivity index (χ0n) is 13.1. The second-order valence-corrected chi connectivity index (χ2v) is 5.61. The van der Waals surface area contributed by atoms with E-state index in [2.05, 4.69) is 5.32 Å². The summed E-state index contributed by atoms with van der Waals surface area (Å²) in [6.45, 7) is 0.544. The van der Waals surface area contributed by atoms with E-state index in [4.69, 9.17) is 9.84 Å². The molecule has 0 saturated carbocycles. The molecule has 1 saturated heterocycles. The molecule has 1 fully saturated rings. The lowest BCUT2D eigenvalue weighted by molar-refractivity contribution is -0.187. The Hall–Kier alpha value is -2.45. The Bertz CT molecular complexity index is 648. The Labute approximate surface area is 136 Å². The van der Waals surface area contributed by atoms with Crippen molar-refractivity contribution in [2.24, 2.45) is 11.8 Å². The summed E-state index contributed by atoms with van der Waals surface area (Å²) in [5.41, 5.74) is 1.09. The van der Waals surface area contributed by atoms with E-state index >= 15 is 0 Å². The highest BCUT2D eigenvalue weighted by Crippen LogP contribution is 2.38. The maximum absolute atomic E-state index is 12.9. The minimum Gasteiger partial charge on any atom is -0.497 e. The molecule has 0 radical (unpaired) electrons. The number of carboxylic acids is 1. The number of methoxy groups -OCH3 is 1. The number of benzene rings is 1. The van der Waals surface area contributed by atoms with Crippen molar-refractivity contribution in [3.63, 3.8) is 0 Å². The van der Waals surface area contributed by atoms with Crippen molar-refractivity contribution in [3.8, 4) is 5.75 Å². The molecule has 1 aromatic rings. The number of ether oxygens (including phenoxy) is 1. The van der Waals surface area contributed by atoms with Crippen LogP contribution in [0.4, 0.5) is 23.7 Å². The minimum absolute atomic E-state index is 0.420. The van der Waals surface area contributed by atoms with Crippen molar-refractivity contribution in [1.82, 2.24) is 4.90 Å². The van der Waals surface area contributed by atoms with Crippen LogP contribution >= 0.6 is 0 Å². The van der Waals surface area contributed by atoms with Gasteiger partial charge in [0.05, 0.1) is 18.9 Å². The van der Waals surface area contributed by atoms with Gasteiger partial charge in [-0.05, 0) is 30.7 Å². The average molecular weight is 346 g/mol. The molecule has 1 aromatic carbocycles. The van der Waals surface area contributed by atoms with Gasteiger partial charge in [0, 0.05) is 18.8 Å². The van der Waals surface area contributed by atoms with E-state index in [-0.39, 0.29) is 0 Å². The number of urea groups is 1. The maximum atomic E-state index is 12.9. The average Bonchev–Trinajstić information content (AvgIpc) is 2.95. The van der Waals surface area contributed by atoms with E-state index in [9.17, 15) is 22.8 Å². The number of likely N-dealkylation sites (tertiary alicyclic amines) is 1. The van der Waals surface area contributed by atoms with Gasteiger partial charge in [0.15, 0.2) is 0 Å². The van der Waals surface area contributed by atoms with Crippen molar-refractivity contribution in [2.45, 2.75) is 13.1 Å². The van der Waals surface area contributed by atoms with Crippen LogP contribution < -0.4 is 10.1 Å². The van der Waals surface area contributed by atoms with Crippen LogP contribution in [0.25, 0.3) is 0 Å². The molecule has 0 bridgehead atoms. The number of hydrogen-bond donors (Lipinski definition) is 2. The zero-order valence-corrected chi connectivity index (χ0v) is 13.1. The van der Waals surface area contributed by atoms with Crippen LogP contribution in [0, 0.1) is 18.8 Å². The first-order valence-corrected chi connectivity index (χ1v) is 7.13. The number of aryl methyl sites for hydroxylation is 1. The summed E-state index contributed by atoms with van der Waals surface area (Å²) < 4.78 is 43.9. The number of halogens is 3. The van der Waals surface area contributed by atoms with Gasteiger partial charge in [0.2, 0.25) is 0 Å². The third kappa shape index (κ3) is 3.72. The third-order valence-corrected chi connectivity index (χ3v) is 4.02. The molecular formula is C15H17F3N2O4. The molecule has 2 N–H and O–H groups in total. The van der Waals surface area contributed by atoms with Crippen LogP contribution in [0.5, 0.6) is 5.75 Å². The van der Waals surface area contributed by atoms with Gasteiger partial charge >= 0.3 is 18.2 Å². The third-order valence-electron chi connectivity index (χ3n) is 4.02. The van der Waals surface area contributed by atoms with E-state index in [1.807, 2.05) is 0 Å². The van der Waals surface area contributed by atoms with Gasteiger partial charge in [0.25, 0.3) is 0 Å². The van der Waals surface area contributed by atoms with Crippen LogP contribution in [0.3, 0.4) is 0 Å². The van der Waals surface area contributed by atoms with Crippen LogP contribution in [0.15, 0.2) is 18.2 Å². The summed E-state index contributed by atoms with van der Waals surface area (Å²) in [6, 6.07) is 4.07. The summed E-state index contributed by atoms with van der Waals surface area (Å²) in [5, 5.41) is 11.5. The first-order chi connectivity index (χ1) is 11.1. The molecule has 0 aliphatic carbocycles. The summed E-state index contributed by atoms with van der Waals surface area (Å²) in [5.74, 6) is -4.71. The number of carbonyl (C=O) groups is 2. The number of nitrogens with zero attached hydrogens (tertiary/aromatic N) is 1. The Morgan fingerprint density at radius 3 is 2.46 bits per heavy atom. The van der Waals surface area contributed by atoms with E-state index < -0.39 is 43.1 Å². The van der Waals surface area contributed by atoms with E-state index in [0.29, 0.717) is 17.0 Å². The first-order valence-electron chi connectivity index (χ1n) is 7.13. The number of carboxylic acid groups (broad SMARTS) is 1. The highest BCUT2D eigenvalue weighted by atomic mass is 19.4. The lowest BCUT2D eigenvalue weighted by atomic mass is 9.96. The van der Waals surface area contributed by atoms with Gasteiger partial charge < -0.3 is 20.1 Å². The quantitative estimate of drug-likeness (QED) is 0.882. The first kappa shape index (κ1) is 17.9.